The van der Waals surface area contributed by atoms with Crippen LogP contribution in [0.15, 0.2) is 53.5 Å². The highest BCUT2D eigenvalue weighted by molar-refractivity contribution is 7.76. The summed E-state index contributed by atoms with van der Waals surface area (Å²) in [6, 6.07) is 12.5. The molecule has 1 unspecified atom stereocenters. The molecule has 2 aromatic heterocycles. The first-order chi connectivity index (χ1) is 11.5. The fourth-order valence-corrected chi connectivity index (χ4v) is 2.97. The van der Waals surface area contributed by atoms with Crippen LogP contribution in [0.3, 0.4) is 0 Å². The Bertz CT molecular complexity index is 959. The van der Waals surface area contributed by atoms with Crippen molar-refractivity contribution in [3.8, 4) is 11.1 Å². The number of hydrogen-bond acceptors (Lipinski definition) is 4. The van der Waals surface area contributed by atoms with E-state index in [1.807, 2.05) is 37.3 Å². The lowest BCUT2D eigenvalue weighted by atomic mass is 10.00. The zero-order valence-corrected chi connectivity index (χ0v) is 15.3. The van der Waals surface area contributed by atoms with E-state index in [2.05, 4.69) is 9.97 Å². The number of benzene rings is 1. The summed E-state index contributed by atoms with van der Waals surface area (Å²) in [6.45, 7) is 1.83. The number of pyridine rings is 2. The minimum Gasteiger partial charge on any atom is -0.760 e. The third kappa shape index (κ3) is 3.96. The van der Waals surface area contributed by atoms with E-state index >= 15 is 0 Å². The molecule has 6 nitrogen and oxygen atoms in total. The molecule has 2 heterocycles. The van der Waals surface area contributed by atoms with Gasteiger partial charge in [0.15, 0.2) is 0 Å². The van der Waals surface area contributed by atoms with E-state index in [1.165, 1.54) is 17.4 Å². The molecule has 0 fully saturated rings. The summed E-state index contributed by atoms with van der Waals surface area (Å²) < 4.78 is 23.4. The number of fused-ring (bicyclic) bond motifs is 1. The van der Waals surface area contributed by atoms with Crippen molar-refractivity contribution < 1.29 is 8.76 Å². The summed E-state index contributed by atoms with van der Waals surface area (Å²) in [5, 5.41) is 0.857. The van der Waals surface area contributed by atoms with Crippen molar-refractivity contribution in [2.45, 2.75) is 13.0 Å². The highest BCUT2D eigenvalue weighted by atomic mass is 35.5. The zero-order chi connectivity index (χ0) is 17.3. The molecule has 3 aromatic rings. The maximum atomic E-state index is 11.4. The standard InChI is InChI=1S/C17H17N3O3S.ClH/c1-11(20(2)24(22)23)12-3-5-13(6-4-12)14-9-10-18-17-15(14)7-8-16(21)19-17;/h3-11H,1-2H3,(H,22,23)(H,18,19,21);1H/p-1/t11-;/m1./s1. The average Bonchev–Trinajstić information content (AvgIpc) is 2.59. The number of rotatable bonds is 4. The van der Waals surface area contributed by atoms with Crippen molar-refractivity contribution in [3.05, 3.63) is 64.6 Å². The fourth-order valence-electron chi connectivity index (χ4n) is 2.59. The molecule has 0 amide bonds. The molecule has 132 valence electrons. The van der Waals surface area contributed by atoms with Gasteiger partial charge in [-0.15, -0.1) is 12.4 Å². The predicted octanol–water partition coefficient (Wildman–Crippen LogP) is 2.80. The molecule has 1 N–H and O–H groups in total. The number of nitrogens with zero attached hydrogens (tertiary/aromatic N) is 2. The van der Waals surface area contributed by atoms with E-state index in [0.29, 0.717) is 5.65 Å². The summed E-state index contributed by atoms with van der Waals surface area (Å²) >= 11 is -2.26. The number of aromatic amines is 1. The maximum absolute atomic E-state index is 11.4. The molecule has 0 aliphatic heterocycles. The van der Waals surface area contributed by atoms with Gasteiger partial charge < -0.3 is 9.54 Å². The summed E-state index contributed by atoms with van der Waals surface area (Å²) in [5.74, 6) is 0. The van der Waals surface area contributed by atoms with Crippen LogP contribution in [-0.2, 0) is 11.3 Å². The number of hydrogen-bond donors (Lipinski definition) is 1. The first kappa shape index (κ1) is 19.3. The Morgan fingerprint density at radius 1 is 1.16 bits per heavy atom. The molecule has 0 radical (unpaired) electrons. The highest BCUT2D eigenvalue weighted by Gasteiger charge is 2.12. The van der Waals surface area contributed by atoms with Gasteiger partial charge in [0, 0.05) is 35.0 Å². The molecule has 0 saturated carbocycles. The first-order valence-electron chi connectivity index (χ1n) is 7.38. The van der Waals surface area contributed by atoms with E-state index in [-0.39, 0.29) is 24.0 Å². The number of aromatic nitrogens is 2. The van der Waals surface area contributed by atoms with Crippen LogP contribution in [0.1, 0.15) is 18.5 Å². The van der Waals surface area contributed by atoms with Gasteiger partial charge in [-0.05, 0) is 42.8 Å². The van der Waals surface area contributed by atoms with Crippen molar-refractivity contribution in [2.75, 3.05) is 7.05 Å². The number of nitrogens with one attached hydrogen (secondary N) is 1. The highest BCUT2D eigenvalue weighted by Crippen LogP contribution is 2.28. The third-order valence-electron chi connectivity index (χ3n) is 4.12. The molecule has 0 bridgehead atoms. The van der Waals surface area contributed by atoms with Gasteiger partial charge in [0.05, 0.1) is 0 Å². The van der Waals surface area contributed by atoms with Crippen molar-refractivity contribution in [1.82, 2.24) is 14.3 Å². The lowest BCUT2D eigenvalue weighted by molar-refractivity contribution is 0.377. The smallest absolute Gasteiger partial charge is 0.249 e. The minimum atomic E-state index is -2.26. The maximum Gasteiger partial charge on any atom is 0.249 e. The SMILES string of the molecule is C[C@H](c1ccc(-c2ccnc3[nH]c(=O)ccc23)cc1)N(C)S(=O)[O-].Cl. The van der Waals surface area contributed by atoms with Crippen LogP contribution in [0.2, 0.25) is 0 Å². The number of halogens is 1. The van der Waals surface area contributed by atoms with Crippen LogP contribution in [0.5, 0.6) is 0 Å². The van der Waals surface area contributed by atoms with Crippen molar-refractivity contribution >= 4 is 34.7 Å². The average molecular weight is 379 g/mol. The van der Waals surface area contributed by atoms with E-state index in [9.17, 15) is 13.6 Å². The van der Waals surface area contributed by atoms with Crippen LogP contribution in [0.4, 0.5) is 0 Å². The van der Waals surface area contributed by atoms with Crippen LogP contribution in [0, 0.1) is 0 Å². The van der Waals surface area contributed by atoms with E-state index in [0.717, 1.165) is 22.1 Å². The normalized spacial score (nSPS) is 13.4. The third-order valence-corrected chi connectivity index (χ3v) is 4.90. The van der Waals surface area contributed by atoms with E-state index in [4.69, 9.17) is 0 Å². The molecular weight excluding hydrogens is 362 g/mol. The molecule has 2 atom stereocenters. The van der Waals surface area contributed by atoms with Gasteiger partial charge in [0.2, 0.25) is 5.56 Å². The predicted molar refractivity (Wildman–Crippen MR) is 100 cm³/mol. The van der Waals surface area contributed by atoms with Crippen molar-refractivity contribution in [3.63, 3.8) is 0 Å². The fraction of sp³-hybridized carbons (Fsp3) is 0.176. The van der Waals surface area contributed by atoms with Crippen LogP contribution >= 0.6 is 12.4 Å². The minimum absolute atomic E-state index is 0. The summed E-state index contributed by atoms with van der Waals surface area (Å²) in [6.07, 6.45) is 1.65. The van der Waals surface area contributed by atoms with E-state index in [1.54, 1.807) is 12.3 Å². The summed E-state index contributed by atoms with van der Waals surface area (Å²) in [4.78, 5) is 18.3. The molecule has 3 rings (SSSR count). The topological polar surface area (TPSA) is 89.1 Å². The Hall–Kier alpha value is -2.06. The van der Waals surface area contributed by atoms with Crippen molar-refractivity contribution in [1.29, 1.82) is 0 Å². The molecule has 0 spiro atoms. The Morgan fingerprint density at radius 2 is 1.84 bits per heavy atom. The second-order valence-corrected chi connectivity index (χ2v) is 6.51. The van der Waals surface area contributed by atoms with Gasteiger partial charge in [-0.2, -0.15) is 0 Å². The van der Waals surface area contributed by atoms with Gasteiger partial charge in [0.25, 0.3) is 0 Å². The van der Waals surface area contributed by atoms with E-state index < -0.39 is 11.3 Å². The quantitative estimate of drug-likeness (QED) is 0.707. The molecule has 0 saturated heterocycles. The zero-order valence-electron chi connectivity index (χ0n) is 13.6. The van der Waals surface area contributed by atoms with Crippen LogP contribution in [-0.4, -0.2) is 30.1 Å². The van der Waals surface area contributed by atoms with Crippen LogP contribution < -0.4 is 5.56 Å². The van der Waals surface area contributed by atoms with Gasteiger partial charge in [-0.3, -0.25) is 9.00 Å². The van der Waals surface area contributed by atoms with Crippen LogP contribution in [0.25, 0.3) is 22.2 Å². The monoisotopic (exact) mass is 378 g/mol. The van der Waals surface area contributed by atoms with Gasteiger partial charge >= 0.3 is 0 Å². The molecule has 0 aliphatic rings. The number of H-pyrrole nitrogens is 1. The van der Waals surface area contributed by atoms with Gasteiger partial charge in [-0.1, -0.05) is 24.3 Å². The van der Waals surface area contributed by atoms with Gasteiger partial charge in [0.1, 0.15) is 5.65 Å². The first-order valence-corrected chi connectivity index (χ1v) is 8.41. The lowest BCUT2D eigenvalue weighted by Crippen LogP contribution is -2.24. The molecule has 0 aliphatic carbocycles. The summed E-state index contributed by atoms with van der Waals surface area (Å²) in [5.41, 5.74) is 3.17. The second-order valence-electron chi connectivity index (χ2n) is 5.50. The Kier molecular flexibility index (Phi) is 6.07. The van der Waals surface area contributed by atoms with Gasteiger partial charge in [-0.25, -0.2) is 9.29 Å². The Morgan fingerprint density at radius 3 is 2.48 bits per heavy atom. The second kappa shape index (κ2) is 7.88. The summed E-state index contributed by atoms with van der Waals surface area (Å²) in [7, 11) is 1.54. The Balaban J connectivity index is 0.00000225. The Labute approximate surface area is 153 Å². The van der Waals surface area contributed by atoms with Crippen molar-refractivity contribution in [2.24, 2.45) is 0 Å². The molecule has 8 heteroatoms. The molecular formula is C17H17ClN3O3S-. The molecule has 1 aromatic carbocycles. The lowest BCUT2D eigenvalue weighted by Gasteiger charge is -2.26. The molecule has 25 heavy (non-hydrogen) atoms. The largest absolute Gasteiger partial charge is 0.760 e.